The van der Waals surface area contributed by atoms with Crippen LogP contribution in [0.5, 0.6) is 5.75 Å². The lowest BCUT2D eigenvalue weighted by atomic mass is 10.1. The van der Waals surface area contributed by atoms with Gasteiger partial charge in [-0.25, -0.2) is 9.78 Å². The van der Waals surface area contributed by atoms with E-state index in [0.29, 0.717) is 12.4 Å². The Morgan fingerprint density at radius 3 is 2.58 bits per heavy atom. The maximum absolute atomic E-state index is 10.7. The largest absolute Gasteiger partial charge is 0.487 e. The molecule has 0 bridgehead atoms. The van der Waals surface area contributed by atoms with Gasteiger partial charge in [-0.05, 0) is 42.7 Å². The first-order valence-electron chi connectivity index (χ1n) is 5.94. The Balaban J connectivity index is 2.01. The SMILES string of the molecule is Cc1ccc(COc2ccc(C(=O)O)nc2)cc1C. The van der Waals surface area contributed by atoms with Crippen LogP contribution in [0.3, 0.4) is 0 Å². The van der Waals surface area contributed by atoms with Crippen molar-refractivity contribution in [2.24, 2.45) is 0 Å². The van der Waals surface area contributed by atoms with E-state index in [4.69, 9.17) is 9.84 Å². The van der Waals surface area contributed by atoms with Gasteiger partial charge in [0, 0.05) is 0 Å². The van der Waals surface area contributed by atoms with Crippen LogP contribution >= 0.6 is 0 Å². The van der Waals surface area contributed by atoms with Crippen LogP contribution < -0.4 is 4.74 Å². The quantitative estimate of drug-likeness (QED) is 0.914. The highest BCUT2D eigenvalue weighted by Gasteiger charge is 2.04. The van der Waals surface area contributed by atoms with Crippen molar-refractivity contribution in [1.82, 2.24) is 4.98 Å². The first kappa shape index (κ1) is 13.1. The second kappa shape index (κ2) is 5.52. The third-order valence-electron chi connectivity index (χ3n) is 2.93. The van der Waals surface area contributed by atoms with Crippen LogP contribution in [0.2, 0.25) is 0 Å². The third kappa shape index (κ3) is 3.31. The van der Waals surface area contributed by atoms with Crippen molar-refractivity contribution in [3.8, 4) is 5.75 Å². The number of aryl methyl sites for hydroxylation is 2. The number of carboxylic acid groups (broad SMARTS) is 1. The van der Waals surface area contributed by atoms with Crippen LogP contribution in [-0.4, -0.2) is 16.1 Å². The summed E-state index contributed by atoms with van der Waals surface area (Å²) in [7, 11) is 0. The summed E-state index contributed by atoms with van der Waals surface area (Å²) in [6, 6.07) is 9.19. The number of carbonyl (C=O) groups is 1. The molecular formula is C15H15NO3. The fraction of sp³-hybridized carbons (Fsp3) is 0.200. The van der Waals surface area contributed by atoms with Crippen molar-refractivity contribution in [2.45, 2.75) is 20.5 Å². The lowest BCUT2D eigenvalue weighted by Gasteiger charge is -2.08. The molecule has 0 aliphatic heterocycles. The molecule has 0 unspecified atom stereocenters. The summed E-state index contributed by atoms with van der Waals surface area (Å²) in [5.74, 6) is -0.482. The molecule has 1 aromatic heterocycles. The summed E-state index contributed by atoms with van der Waals surface area (Å²) < 4.78 is 5.57. The average Bonchev–Trinajstić information content (AvgIpc) is 2.40. The van der Waals surface area contributed by atoms with Gasteiger partial charge in [-0.3, -0.25) is 0 Å². The fourth-order valence-corrected chi connectivity index (χ4v) is 1.65. The van der Waals surface area contributed by atoms with Crippen LogP contribution in [0.1, 0.15) is 27.2 Å². The number of rotatable bonds is 4. The molecular weight excluding hydrogens is 242 g/mol. The van der Waals surface area contributed by atoms with Gasteiger partial charge in [0.1, 0.15) is 18.1 Å². The Kier molecular flexibility index (Phi) is 3.80. The number of aromatic nitrogens is 1. The Morgan fingerprint density at radius 1 is 1.21 bits per heavy atom. The van der Waals surface area contributed by atoms with E-state index >= 15 is 0 Å². The molecule has 0 atom stereocenters. The van der Waals surface area contributed by atoms with E-state index in [2.05, 4.69) is 31.0 Å². The fourth-order valence-electron chi connectivity index (χ4n) is 1.65. The van der Waals surface area contributed by atoms with Gasteiger partial charge in [-0.2, -0.15) is 0 Å². The van der Waals surface area contributed by atoms with Crippen molar-refractivity contribution in [3.05, 3.63) is 58.9 Å². The molecule has 1 aromatic carbocycles. The van der Waals surface area contributed by atoms with E-state index in [0.717, 1.165) is 5.56 Å². The molecule has 0 spiro atoms. The number of pyridine rings is 1. The summed E-state index contributed by atoms with van der Waals surface area (Å²) in [6.45, 7) is 4.56. The van der Waals surface area contributed by atoms with Gasteiger partial charge in [-0.1, -0.05) is 18.2 Å². The second-order valence-electron chi connectivity index (χ2n) is 4.39. The lowest BCUT2D eigenvalue weighted by Crippen LogP contribution is -2.01. The molecule has 1 heterocycles. The molecule has 0 fully saturated rings. The minimum Gasteiger partial charge on any atom is -0.487 e. The number of nitrogens with zero attached hydrogens (tertiary/aromatic N) is 1. The van der Waals surface area contributed by atoms with Crippen LogP contribution in [0.4, 0.5) is 0 Å². The van der Waals surface area contributed by atoms with Crippen molar-refractivity contribution >= 4 is 5.97 Å². The molecule has 4 nitrogen and oxygen atoms in total. The molecule has 19 heavy (non-hydrogen) atoms. The first-order chi connectivity index (χ1) is 9.06. The number of carboxylic acids is 1. The monoisotopic (exact) mass is 257 g/mol. The third-order valence-corrected chi connectivity index (χ3v) is 2.93. The lowest BCUT2D eigenvalue weighted by molar-refractivity contribution is 0.0690. The second-order valence-corrected chi connectivity index (χ2v) is 4.39. The topological polar surface area (TPSA) is 59.4 Å². The van der Waals surface area contributed by atoms with Crippen LogP contribution in [-0.2, 0) is 6.61 Å². The zero-order valence-corrected chi connectivity index (χ0v) is 10.9. The minimum absolute atomic E-state index is 0.0125. The Bertz CT molecular complexity index is 591. The molecule has 0 saturated carbocycles. The number of benzene rings is 1. The summed E-state index contributed by atoms with van der Waals surface area (Å²) in [6.07, 6.45) is 1.42. The highest BCUT2D eigenvalue weighted by molar-refractivity contribution is 5.85. The van der Waals surface area contributed by atoms with E-state index in [1.807, 2.05) is 6.07 Å². The molecule has 2 aromatic rings. The maximum Gasteiger partial charge on any atom is 0.354 e. The molecule has 0 aliphatic rings. The van der Waals surface area contributed by atoms with Gasteiger partial charge in [0.15, 0.2) is 0 Å². The molecule has 2 rings (SSSR count). The smallest absolute Gasteiger partial charge is 0.354 e. The number of aromatic carboxylic acids is 1. The highest BCUT2D eigenvalue weighted by Crippen LogP contribution is 2.14. The number of ether oxygens (including phenoxy) is 1. The summed E-state index contributed by atoms with van der Waals surface area (Å²) in [5, 5.41) is 8.74. The van der Waals surface area contributed by atoms with Gasteiger partial charge >= 0.3 is 5.97 Å². The zero-order chi connectivity index (χ0) is 13.8. The molecule has 4 heteroatoms. The number of hydrogen-bond donors (Lipinski definition) is 1. The molecule has 98 valence electrons. The van der Waals surface area contributed by atoms with Gasteiger partial charge in [0.2, 0.25) is 0 Å². The van der Waals surface area contributed by atoms with Crippen LogP contribution in [0, 0.1) is 13.8 Å². The summed E-state index contributed by atoms with van der Waals surface area (Å²) in [4.78, 5) is 14.5. The van der Waals surface area contributed by atoms with Crippen LogP contribution in [0.25, 0.3) is 0 Å². The predicted molar refractivity (Wildman–Crippen MR) is 71.4 cm³/mol. The summed E-state index contributed by atoms with van der Waals surface area (Å²) >= 11 is 0. The van der Waals surface area contributed by atoms with E-state index < -0.39 is 5.97 Å². The predicted octanol–water partition coefficient (Wildman–Crippen LogP) is 2.98. The highest BCUT2D eigenvalue weighted by atomic mass is 16.5. The molecule has 1 N–H and O–H groups in total. The van der Waals surface area contributed by atoms with Gasteiger partial charge < -0.3 is 9.84 Å². The average molecular weight is 257 g/mol. The van der Waals surface area contributed by atoms with E-state index in [9.17, 15) is 4.79 Å². The van der Waals surface area contributed by atoms with Crippen molar-refractivity contribution in [2.75, 3.05) is 0 Å². The molecule has 0 amide bonds. The molecule has 0 saturated heterocycles. The maximum atomic E-state index is 10.7. The number of hydrogen-bond acceptors (Lipinski definition) is 3. The van der Waals surface area contributed by atoms with Gasteiger partial charge in [0.05, 0.1) is 6.20 Å². The van der Waals surface area contributed by atoms with E-state index in [1.165, 1.54) is 23.4 Å². The minimum atomic E-state index is -1.04. The van der Waals surface area contributed by atoms with Crippen molar-refractivity contribution in [1.29, 1.82) is 0 Å². The van der Waals surface area contributed by atoms with Crippen LogP contribution in [0.15, 0.2) is 36.5 Å². The Hall–Kier alpha value is -2.36. The van der Waals surface area contributed by atoms with E-state index in [-0.39, 0.29) is 5.69 Å². The van der Waals surface area contributed by atoms with Gasteiger partial charge in [-0.15, -0.1) is 0 Å². The van der Waals surface area contributed by atoms with Crippen molar-refractivity contribution < 1.29 is 14.6 Å². The molecule has 0 radical (unpaired) electrons. The zero-order valence-electron chi connectivity index (χ0n) is 10.9. The van der Waals surface area contributed by atoms with Crippen molar-refractivity contribution in [3.63, 3.8) is 0 Å². The standard InChI is InChI=1S/C15H15NO3/c1-10-3-4-12(7-11(10)2)9-19-13-5-6-14(15(17)18)16-8-13/h3-8H,9H2,1-2H3,(H,17,18). The summed E-state index contributed by atoms with van der Waals surface area (Å²) in [5.41, 5.74) is 3.56. The Labute approximate surface area is 111 Å². The van der Waals surface area contributed by atoms with E-state index in [1.54, 1.807) is 6.07 Å². The normalized spacial score (nSPS) is 10.2. The Morgan fingerprint density at radius 2 is 2.00 bits per heavy atom. The molecule has 0 aliphatic carbocycles. The van der Waals surface area contributed by atoms with Gasteiger partial charge in [0.25, 0.3) is 0 Å². The first-order valence-corrected chi connectivity index (χ1v) is 5.94.